The van der Waals surface area contributed by atoms with Gasteiger partial charge in [-0.25, -0.2) is 9.97 Å². The van der Waals surface area contributed by atoms with Gasteiger partial charge >= 0.3 is 11.9 Å². The number of imidazole rings is 2. The molecule has 0 fully saturated rings. The number of rotatable bonds is 6. The largest absolute Gasteiger partial charge is 0.480 e. The minimum Gasteiger partial charge on any atom is -0.480 e. The fraction of sp³-hybridized carbons (Fsp3) is 0.333. The molecule has 10 nitrogen and oxygen atoms in total. The van der Waals surface area contributed by atoms with Crippen LogP contribution in [0.4, 0.5) is 0 Å². The van der Waals surface area contributed by atoms with Crippen LogP contribution < -0.4 is 11.5 Å². The maximum absolute atomic E-state index is 10.3. The van der Waals surface area contributed by atoms with E-state index in [1.165, 1.54) is 12.7 Å². The second kappa shape index (κ2) is 10.5. The number of aliphatic carboxylic acids is 2. The van der Waals surface area contributed by atoms with Crippen molar-refractivity contribution in [2.24, 2.45) is 11.5 Å². The summed E-state index contributed by atoms with van der Waals surface area (Å²) in [6.07, 6.45) is 6.67. The van der Waals surface area contributed by atoms with E-state index in [1.807, 2.05) is 0 Å². The number of carbonyl (C=O) groups is 2. The van der Waals surface area contributed by atoms with Crippen LogP contribution in [0.15, 0.2) is 25.0 Å². The van der Waals surface area contributed by atoms with Crippen LogP contribution in [0.25, 0.3) is 0 Å². The second-order valence-corrected chi connectivity index (χ2v) is 4.45. The van der Waals surface area contributed by atoms with Crippen LogP contribution in [-0.2, 0) is 39.5 Å². The van der Waals surface area contributed by atoms with Crippen LogP contribution in [0.2, 0.25) is 0 Å². The molecule has 11 heteroatoms. The van der Waals surface area contributed by atoms with Gasteiger partial charge in [0.15, 0.2) is 0 Å². The molecule has 1 radical (unpaired) electrons. The summed E-state index contributed by atoms with van der Waals surface area (Å²) < 4.78 is 0. The van der Waals surface area contributed by atoms with E-state index in [9.17, 15) is 9.59 Å². The molecule has 2 aromatic heterocycles. The van der Waals surface area contributed by atoms with Gasteiger partial charge in [-0.15, -0.1) is 0 Å². The van der Waals surface area contributed by atoms with Crippen LogP contribution in [-0.4, -0.2) is 54.2 Å². The van der Waals surface area contributed by atoms with Gasteiger partial charge in [0, 0.05) is 53.7 Å². The normalized spacial score (nSPS) is 12.3. The monoisotopic (exact) mass is 373 g/mol. The predicted octanol–water partition coefficient (Wildman–Crippen LogP) is -1.27. The molecule has 2 rings (SSSR count). The van der Waals surface area contributed by atoms with Gasteiger partial charge in [-0.05, 0) is 0 Å². The third-order valence-corrected chi connectivity index (χ3v) is 2.62. The molecule has 131 valence electrons. The Balaban J connectivity index is 0.000000403. The fourth-order valence-corrected chi connectivity index (χ4v) is 1.44. The number of aromatic amines is 2. The Morgan fingerprint density at radius 3 is 1.52 bits per heavy atom. The minimum atomic E-state index is -1.00. The molecule has 23 heavy (non-hydrogen) atoms. The molecule has 0 saturated heterocycles. The van der Waals surface area contributed by atoms with Crippen LogP contribution in [0.3, 0.4) is 0 Å². The first kappa shape index (κ1) is 20.8. The van der Waals surface area contributed by atoms with Gasteiger partial charge in [0.2, 0.25) is 0 Å². The van der Waals surface area contributed by atoms with E-state index in [4.69, 9.17) is 21.7 Å². The average Bonchev–Trinajstić information content (AvgIpc) is 3.12. The van der Waals surface area contributed by atoms with Gasteiger partial charge in [-0.1, -0.05) is 0 Å². The first-order valence-electron chi connectivity index (χ1n) is 6.31. The molecule has 0 aliphatic carbocycles. The van der Waals surface area contributed by atoms with Crippen molar-refractivity contribution in [1.82, 2.24) is 19.9 Å². The van der Waals surface area contributed by atoms with Gasteiger partial charge in [0.05, 0.1) is 12.7 Å². The molecule has 0 aromatic carbocycles. The van der Waals surface area contributed by atoms with E-state index >= 15 is 0 Å². The summed E-state index contributed by atoms with van der Waals surface area (Å²) in [6.45, 7) is 0. The van der Waals surface area contributed by atoms with Crippen LogP contribution in [0.1, 0.15) is 11.4 Å². The number of carboxylic acids is 2. The Labute approximate surface area is 142 Å². The van der Waals surface area contributed by atoms with Crippen molar-refractivity contribution in [3.8, 4) is 0 Å². The maximum Gasteiger partial charge on any atom is 0.320 e. The summed E-state index contributed by atoms with van der Waals surface area (Å²) in [5, 5.41) is 16.8. The van der Waals surface area contributed by atoms with Gasteiger partial charge in [-0.3, -0.25) is 9.59 Å². The van der Waals surface area contributed by atoms with Gasteiger partial charge < -0.3 is 31.6 Å². The summed E-state index contributed by atoms with van der Waals surface area (Å²) in [5.41, 5.74) is 12.0. The molecule has 0 aliphatic heterocycles. The Morgan fingerprint density at radius 1 is 0.957 bits per heavy atom. The number of H-pyrrole nitrogens is 2. The fourth-order valence-electron chi connectivity index (χ4n) is 1.44. The molecule has 0 unspecified atom stereocenters. The van der Waals surface area contributed by atoms with Gasteiger partial charge in [-0.2, -0.15) is 0 Å². The number of carboxylic acid groups (broad SMARTS) is 2. The Kier molecular flexibility index (Phi) is 9.51. The predicted molar refractivity (Wildman–Crippen MR) is 75.8 cm³/mol. The van der Waals surface area contributed by atoms with Crippen molar-refractivity contribution in [2.45, 2.75) is 24.9 Å². The van der Waals surface area contributed by atoms with Gasteiger partial charge in [0.1, 0.15) is 12.1 Å². The van der Waals surface area contributed by atoms with E-state index in [2.05, 4.69) is 19.9 Å². The topological polar surface area (TPSA) is 184 Å². The second-order valence-electron chi connectivity index (χ2n) is 4.45. The van der Waals surface area contributed by atoms with Gasteiger partial charge in [0.25, 0.3) is 0 Å². The summed E-state index contributed by atoms with van der Waals surface area (Å²) in [5.74, 6) is -2.00. The zero-order chi connectivity index (χ0) is 16.5. The quantitative estimate of drug-likeness (QED) is 0.338. The maximum atomic E-state index is 10.3. The number of nitrogens with zero attached hydrogens (tertiary/aromatic N) is 2. The third-order valence-electron chi connectivity index (χ3n) is 2.62. The zero-order valence-electron chi connectivity index (χ0n) is 11.9. The van der Waals surface area contributed by atoms with Crippen molar-refractivity contribution >= 4 is 11.9 Å². The molecule has 8 N–H and O–H groups in total. The van der Waals surface area contributed by atoms with E-state index in [0.29, 0.717) is 0 Å². The first-order valence-corrected chi connectivity index (χ1v) is 6.31. The van der Waals surface area contributed by atoms with E-state index in [1.54, 1.807) is 12.4 Å². The molecule has 2 aromatic rings. The average molecular weight is 374 g/mol. The molecular weight excluding hydrogens is 356 g/mol. The Hall–Kier alpha value is -2.20. The summed E-state index contributed by atoms with van der Waals surface area (Å²) in [6, 6.07) is -1.70. The molecule has 2 atom stereocenters. The number of nitrogens with one attached hydrogen (secondary N) is 2. The Bertz CT molecular complexity index is 522. The van der Waals surface area contributed by atoms with Crippen molar-refractivity contribution in [1.29, 1.82) is 0 Å². The number of aromatic nitrogens is 4. The third kappa shape index (κ3) is 8.12. The van der Waals surface area contributed by atoms with Crippen molar-refractivity contribution in [2.75, 3.05) is 0 Å². The van der Waals surface area contributed by atoms with Crippen LogP contribution in [0.5, 0.6) is 0 Å². The number of hydrogen-bond acceptors (Lipinski definition) is 6. The summed E-state index contributed by atoms with van der Waals surface area (Å²) in [4.78, 5) is 33.5. The van der Waals surface area contributed by atoms with E-state index in [0.717, 1.165) is 11.4 Å². The van der Waals surface area contributed by atoms with Crippen LogP contribution in [0, 0.1) is 0 Å². The molecule has 0 saturated carbocycles. The van der Waals surface area contributed by atoms with Crippen molar-refractivity contribution < 1.29 is 36.9 Å². The van der Waals surface area contributed by atoms with E-state index in [-0.39, 0.29) is 29.9 Å². The molecule has 2 heterocycles. The summed E-state index contributed by atoms with van der Waals surface area (Å²) in [7, 11) is 0. The van der Waals surface area contributed by atoms with E-state index < -0.39 is 24.0 Å². The minimum absolute atomic E-state index is 0. The summed E-state index contributed by atoms with van der Waals surface area (Å²) >= 11 is 0. The Morgan fingerprint density at radius 2 is 1.30 bits per heavy atom. The van der Waals surface area contributed by atoms with Crippen LogP contribution >= 0.6 is 0 Å². The zero-order valence-corrected chi connectivity index (χ0v) is 12.9. The molecular formula is C12H18CuN6O4. The van der Waals surface area contributed by atoms with Crippen molar-refractivity contribution in [3.63, 3.8) is 0 Å². The molecule has 0 amide bonds. The standard InChI is InChI=1S/2C6H9N3O2.Cu/c2*7-5(6(10)11)1-4-2-8-3-9-4;/h2*2-3,5H,1,7H2,(H,8,9)(H,10,11);/t2*5-;/m00./s1. The number of nitrogens with two attached hydrogens (primary N) is 2. The molecule has 0 spiro atoms. The van der Waals surface area contributed by atoms with Crippen molar-refractivity contribution in [3.05, 3.63) is 36.4 Å². The molecule has 0 aliphatic rings. The smallest absolute Gasteiger partial charge is 0.320 e. The first-order chi connectivity index (χ1) is 10.4. The number of hydrogen-bond donors (Lipinski definition) is 6. The molecule has 0 bridgehead atoms. The SMILES string of the molecule is N[C@@H](Cc1cnc[nH]1)C(=O)O.N[C@@H](Cc1cnc[nH]1)C(=O)O.[Cu].